The van der Waals surface area contributed by atoms with Gasteiger partial charge in [0, 0.05) is 19.4 Å². The van der Waals surface area contributed by atoms with Crippen molar-refractivity contribution in [1.29, 1.82) is 0 Å². The number of quaternary nitrogens is 1. The first-order chi connectivity index (χ1) is 12.8. The second-order valence-electron chi connectivity index (χ2n) is 7.53. The molecule has 0 bridgehead atoms. The van der Waals surface area contributed by atoms with Gasteiger partial charge in [-0.25, -0.2) is 8.42 Å². The third-order valence-electron chi connectivity index (χ3n) is 3.67. The molecule has 0 aromatic rings. The molecular formula is C18H38N2O7S. The Hall–Kier alpha value is -1.23. The molecule has 0 radical (unpaired) electrons. The van der Waals surface area contributed by atoms with E-state index in [0.29, 0.717) is 13.0 Å². The van der Waals surface area contributed by atoms with Crippen LogP contribution in [0.25, 0.3) is 0 Å². The summed E-state index contributed by atoms with van der Waals surface area (Å²) in [7, 11) is 2.75. The minimum atomic E-state index is -4.41. The van der Waals surface area contributed by atoms with E-state index in [2.05, 4.69) is 37.6 Å². The molecule has 0 rings (SSSR count). The number of nitrogens with one attached hydrogen (secondary N) is 1. The molecule has 28 heavy (non-hydrogen) atoms. The molecule has 0 spiro atoms. The normalized spacial score (nSPS) is 12.5. The van der Waals surface area contributed by atoms with E-state index in [0.717, 1.165) is 43.8 Å². The summed E-state index contributed by atoms with van der Waals surface area (Å²) < 4.78 is 37.1. The summed E-state index contributed by atoms with van der Waals surface area (Å²) in [5.74, 6) is -0.480. The van der Waals surface area contributed by atoms with Gasteiger partial charge in [-0.1, -0.05) is 32.6 Å². The van der Waals surface area contributed by atoms with Gasteiger partial charge >= 0.3 is 5.97 Å². The Morgan fingerprint density at radius 2 is 1.61 bits per heavy atom. The number of ether oxygens (including phenoxy) is 1. The van der Waals surface area contributed by atoms with E-state index < -0.39 is 16.5 Å². The Kier molecular flexibility index (Phi) is 16.2. The fourth-order valence-corrected chi connectivity index (χ4v) is 2.09. The first kappa shape index (κ1) is 29.0. The van der Waals surface area contributed by atoms with Crippen molar-refractivity contribution < 1.29 is 36.0 Å². The van der Waals surface area contributed by atoms with Crippen molar-refractivity contribution in [3.8, 4) is 0 Å². The van der Waals surface area contributed by atoms with Crippen LogP contribution in [0.3, 0.4) is 0 Å². The van der Waals surface area contributed by atoms with Crippen LogP contribution in [-0.4, -0.2) is 76.8 Å². The Morgan fingerprint density at radius 3 is 2.07 bits per heavy atom. The highest BCUT2D eigenvalue weighted by atomic mass is 32.3. The van der Waals surface area contributed by atoms with Gasteiger partial charge in [-0.05, 0) is 13.3 Å². The zero-order valence-corrected chi connectivity index (χ0v) is 19.0. The van der Waals surface area contributed by atoms with Gasteiger partial charge in [0.1, 0.15) is 0 Å². The lowest BCUT2D eigenvalue weighted by molar-refractivity contribution is -0.870. The summed E-state index contributed by atoms with van der Waals surface area (Å²) >= 11 is 0. The molecular weight excluding hydrogens is 388 g/mol. The van der Waals surface area contributed by atoms with E-state index in [1.807, 2.05) is 0 Å². The maximum Gasteiger partial charge on any atom is 0.306 e. The first-order valence-electron chi connectivity index (χ1n) is 9.61. The lowest BCUT2D eigenvalue weighted by Crippen LogP contribution is -2.40. The van der Waals surface area contributed by atoms with Crippen LogP contribution in [0.4, 0.5) is 0 Å². The van der Waals surface area contributed by atoms with Crippen molar-refractivity contribution in [2.75, 3.05) is 41.3 Å². The highest BCUT2D eigenvalue weighted by molar-refractivity contribution is 7.80. The Balaban J connectivity index is 0. The Labute approximate surface area is 170 Å². The van der Waals surface area contributed by atoms with E-state index >= 15 is 0 Å². The molecule has 10 heteroatoms. The molecule has 0 aliphatic rings. The predicted octanol–water partition coefficient (Wildman–Crippen LogP) is 1.58. The van der Waals surface area contributed by atoms with Crippen LogP contribution in [0.1, 0.15) is 58.8 Å². The van der Waals surface area contributed by atoms with Crippen molar-refractivity contribution >= 4 is 22.3 Å². The molecule has 1 N–H and O–H groups in total. The summed E-state index contributed by atoms with van der Waals surface area (Å²) in [6.45, 7) is 5.40. The minimum absolute atomic E-state index is 0.208. The van der Waals surface area contributed by atoms with E-state index in [9.17, 15) is 22.6 Å². The van der Waals surface area contributed by atoms with Crippen LogP contribution in [0, 0.1) is 0 Å². The van der Waals surface area contributed by atoms with Crippen LogP contribution in [-0.2, 0) is 28.9 Å². The van der Waals surface area contributed by atoms with Gasteiger partial charge in [-0.3, -0.25) is 13.8 Å². The Bertz CT molecular complexity index is 531. The molecule has 0 fully saturated rings. The smallest absolute Gasteiger partial charge is 0.306 e. The zero-order chi connectivity index (χ0) is 22.2. The van der Waals surface area contributed by atoms with Crippen LogP contribution < -0.4 is 5.32 Å². The highest BCUT2D eigenvalue weighted by Gasteiger charge is 2.17. The number of rotatable bonds is 13. The fourth-order valence-electron chi connectivity index (χ4n) is 2.09. The molecule has 0 aromatic heterocycles. The number of amides is 1. The summed E-state index contributed by atoms with van der Waals surface area (Å²) in [4.78, 5) is 23.5. The van der Waals surface area contributed by atoms with E-state index in [1.54, 1.807) is 6.92 Å². The third-order valence-corrected chi connectivity index (χ3v) is 4.08. The molecule has 0 saturated heterocycles. The van der Waals surface area contributed by atoms with E-state index in [1.165, 1.54) is 12.8 Å². The largest absolute Gasteiger partial charge is 0.726 e. The van der Waals surface area contributed by atoms with E-state index in [4.69, 9.17) is 4.74 Å². The second-order valence-corrected chi connectivity index (χ2v) is 8.68. The zero-order valence-electron chi connectivity index (χ0n) is 18.2. The quantitative estimate of drug-likeness (QED) is 0.156. The number of nitrogens with zero attached hydrogens (tertiary/aromatic N) is 1. The summed E-state index contributed by atoms with van der Waals surface area (Å²) in [5, 5.41) is 2.82. The average Bonchev–Trinajstić information content (AvgIpc) is 2.57. The highest BCUT2D eigenvalue weighted by Crippen LogP contribution is 2.06. The number of carbonyl (C=O) groups is 2. The van der Waals surface area contributed by atoms with Crippen molar-refractivity contribution in [3.05, 3.63) is 0 Å². The van der Waals surface area contributed by atoms with Crippen molar-refractivity contribution in [3.63, 3.8) is 0 Å². The van der Waals surface area contributed by atoms with Crippen molar-refractivity contribution in [2.45, 2.75) is 64.9 Å². The first-order valence-corrected chi connectivity index (χ1v) is 10.9. The SMILES string of the molecule is CCCCCCCC(=O)OC(C)C(=O)NCCC[N+](C)(C)C.COS(=O)(=O)[O-]. The summed E-state index contributed by atoms with van der Waals surface area (Å²) in [5.41, 5.74) is 0. The molecule has 0 saturated carbocycles. The second kappa shape index (κ2) is 15.7. The molecule has 0 aromatic carbocycles. The average molecular weight is 427 g/mol. The van der Waals surface area contributed by atoms with Crippen LogP contribution >= 0.6 is 0 Å². The number of carbonyl (C=O) groups excluding carboxylic acids is 2. The van der Waals surface area contributed by atoms with Gasteiger partial charge in [-0.2, -0.15) is 0 Å². The molecule has 0 aliphatic carbocycles. The molecule has 1 amide bonds. The monoisotopic (exact) mass is 426 g/mol. The molecule has 1 unspecified atom stereocenters. The Morgan fingerprint density at radius 1 is 1.07 bits per heavy atom. The lowest BCUT2D eigenvalue weighted by Gasteiger charge is -2.23. The van der Waals surface area contributed by atoms with Gasteiger partial charge in [0.25, 0.3) is 5.91 Å². The standard InChI is InChI=1S/C17H34N2O3.CH4O4S/c1-6-7-8-9-10-12-16(20)22-15(2)17(21)18-13-11-14-19(3,4)5;1-5-6(2,3)4/h15H,6-14H2,1-5H3;1H3,(H,2,3,4). The predicted molar refractivity (Wildman–Crippen MR) is 106 cm³/mol. The summed E-state index contributed by atoms with van der Waals surface area (Å²) in [6, 6.07) is 0. The lowest BCUT2D eigenvalue weighted by atomic mass is 10.1. The molecule has 168 valence electrons. The molecule has 9 nitrogen and oxygen atoms in total. The molecule has 1 atom stereocenters. The van der Waals surface area contributed by atoms with E-state index in [-0.39, 0.29) is 11.9 Å². The topological polar surface area (TPSA) is 122 Å². The van der Waals surface area contributed by atoms with Gasteiger partial charge < -0.3 is 19.1 Å². The number of hydrogen-bond acceptors (Lipinski definition) is 7. The number of esters is 1. The molecule has 0 heterocycles. The maximum atomic E-state index is 11.8. The number of hydrogen-bond donors (Lipinski definition) is 1. The summed E-state index contributed by atoms with van der Waals surface area (Å²) in [6.07, 6.45) is 6.07. The van der Waals surface area contributed by atoms with Gasteiger partial charge in [-0.15, -0.1) is 0 Å². The number of unbranched alkanes of at least 4 members (excludes halogenated alkanes) is 4. The molecule has 0 aliphatic heterocycles. The fraction of sp³-hybridized carbons (Fsp3) is 0.889. The van der Waals surface area contributed by atoms with Gasteiger partial charge in [0.2, 0.25) is 10.4 Å². The van der Waals surface area contributed by atoms with Crippen molar-refractivity contribution in [1.82, 2.24) is 5.32 Å². The van der Waals surface area contributed by atoms with Crippen molar-refractivity contribution in [2.24, 2.45) is 0 Å². The van der Waals surface area contributed by atoms with Gasteiger partial charge in [0.15, 0.2) is 6.10 Å². The van der Waals surface area contributed by atoms with Crippen LogP contribution in [0.5, 0.6) is 0 Å². The van der Waals surface area contributed by atoms with Crippen LogP contribution in [0.15, 0.2) is 0 Å². The minimum Gasteiger partial charge on any atom is -0.726 e. The third kappa shape index (κ3) is 22.8. The maximum absolute atomic E-state index is 11.8. The van der Waals surface area contributed by atoms with Crippen LogP contribution in [0.2, 0.25) is 0 Å². The van der Waals surface area contributed by atoms with Gasteiger partial charge in [0.05, 0.1) is 34.8 Å².